The van der Waals surface area contributed by atoms with Crippen LogP contribution < -0.4 is 5.32 Å². The van der Waals surface area contributed by atoms with Crippen molar-refractivity contribution in [2.75, 3.05) is 6.61 Å². The first kappa shape index (κ1) is 13.5. The van der Waals surface area contributed by atoms with E-state index in [0.29, 0.717) is 17.7 Å². The third-order valence-corrected chi connectivity index (χ3v) is 4.86. The normalized spacial score (nSPS) is 26.3. The molecule has 22 heavy (non-hydrogen) atoms. The Bertz CT molecular complexity index is 695. The van der Waals surface area contributed by atoms with Gasteiger partial charge in [-0.25, -0.2) is 0 Å². The number of nitrogens with zero attached hydrogens (tertiary/aromatic N) is 1. The fourth-order valence-electron chi connectivity index (χ4n) is 3.50. The molecule has 1 amide bonds. The quantitative estimate of drug-likeness (QED) is 0.913. The van der Waals surface area contributed by atoms with Crippen LogP contribution in [0.25, 0.3) is 11.3 Å². The summed E-state index contributed by atoms with van der Waals surface area (Å²) in [6.07, 6.45) is 2.33. The molecule has 1 aromatic carbocycles. The third-order valence-electron chi connectivity index (χ3n) is 4.86. The number of carbonyl (C=O) groups excluding carboxylic acids is 1. The average molecular weight is 297 g/mol. The van der Waals surface area contributed by atoms with Crippen molar-refractivity contribution in [3.05, 3.63) is 41.6 Å². The molecule has 114 valence electrons. The van der Waals surface area contributed by atoms with E-state index in [1.165, 1.54) is 0 Å². The van der Waals surface area contributed by atoms with Crippen LogP contribution in [0.5, 0.6) is 0 Å². The number of nitrogens with one attached hydrogen (secondary N) is 2. The van der Waals surface area contributed by atoms with Crippen LogP contribution >= 0.6 is 0 Å². The Labute approximate surface area is 129 Å². The monoisotopic (exact) mass is 297 g/mol. The van der Waals surface area contributed by atoms with Crippen LogP contribution in [0, 0.1) is 12.8 Å². The van der Waals surface area contributed by atoms with E-state index in [-0.39, 0.29) is 11.9 Å². The number of hydrogen-bond acceptors (Lipinski definition) is 3. The summed E-state index contributed by atoms with van der Waals surface area (Å²) >= 11 is 0. The molecule has 1 saturated heterocycles. The zero-order valence-corrected chi connectivity index (χ0v) is 12.5. The highest BCUT2D eigenvalue weighted by Gasteiger charge is 2.46. The standard InChI is InChI=1S/C17H19N3O2/c1-10-15(11-5-3-2-4-6-11)19-20-16(10)17(21)18-13-9-14-12(13)7-8-22-14/h2-6,12-14H,7-9H2,1H3,(H,18,21)(H,19,20)/t12-,13+,14+/m1/s1. The van der Waals surface area contributed by atoms with Gasteiger partial charge in [0.15, 0.2) is 0 Å². The molecule has 0 spiro atoms. The second-order valence-corrected chi connectivity index (χ2v) is 6.12. The second kappa shape index (κ2) is 5.25. The van der Waals surface area contributed by atoms with Crippen LogP contribution in [-0.2, 0) is 4.74 Å². The number of H-pyrrole nitrogens is 1. The summed E-state index contributed by atoms with van der Waals surface area (Å²) in [4.78, 5) is 12.5. The van der Waals surface area contributed by atoms with Crippen LogP contribution in [0.2, 0.25) is 0 Å². The number of fused-ring (bicyclic) bond motifs is 1. The number of aromatic nitrogens is 2. The minimum absolute atomic E-state index is 0.0671. The molecule has 1 saturated carbocycles. The molecule has 2 aromatic rings. The van der Waals surface area contributed by atoms with E-state index in [1.807, 2.05) is 37.3 Å². The molecule has 0 radical (unpaired) electrons. The maximum atomic E-state index is 12.5. The van der Waals surface area contributed by atoms with Gasteiger partial charge in [-0.05, 0) is 19.8 Å². The molecule has 1 aromatic heterocycles. The molecule has 1 aliphatic carbocycles. The zero-order chi connectivity index (χ0) is 15.1. The largest absolute Gasteiger partial charge is 0.378 e. The van der Waals surface area contributed by atoms with Crippen LogP contribution in [0.15, 0.2) is 30.3 Å². The van der Waals surface area contributed by atoms with Crippen molar-refractivity contribution >= 4 is 5.91 Å². The Morgan fingerprint density at radius 3 is 2.95 bits per heavy atom. The number of carbonyl (C=O) groups is 1. The van der Waals surface area contributed by atoms with Crippen molar-refractivity contribution in [1.82, 2.24) is 15.5 Å². The van der Waals surface area contributed by atoms with E-state index < -0.39 is 0 Å². The highest BCUT2D eigenvalue weighted by molar-refractivity contribution is 5.95. The molecule has 2 heterocycles. The topological polar surface area (TPSA) is 67.0 Å². The van der Waals surface area contributed by atoms with Gasteiger partial charge >= 0.3 is 0 Å². The maximum absolute atomic E-state index is 12.5. The first-order chi connectivity index (χ1) is 10.7. The molecule has 0 unspecified atom stereocenters. The summed E-state index contributed by atoms with van der Waals surface area (Å²) < 4.78 is 5.58. The average Bonchev–Trinajstić information content (AvgIpc) is 3.09. The Morgan fingerprint density at radius 1 is 1.36 bits per heavy atom. The Hall–Kier alpha value is -2.14. The molecule has 4 rings (SSSR count). The first-order valence-corrected chi connectivity index (χ1v) is 7.77. The summed E-state index contributed by atoms with van der Waals surface area (Å²) in [5.41, 5.74) is 3.30. The van der Waals surface area contributed by atoms with Gasteiger partial charge in [-0.2, -0.15) is 5.10 Å². The molecule has 5 heteroatoms. The molecule has 1 aliphatic heterocycles. The highest BCUT2D eigenvalue weighted by atomic mass is 16.5. The van der Waals surface area contributed by atoms with Crippen LogP contribution in [-0.4, -0.2) is 34.9 Å². The van der Waals surface area contributed by atoms with Gasteiger partial charge in [0, 0.05) is 29.7 Å². The second-order valence-electron chi connectivity index (χ2n) is 6.12. The number of aromatic amines is 1. The lowest BCUT2D eigenvalue weighted by Crippen LogP contribution is -2.53. The maximum Gasteiger partial charge on any atom is 0.269 e. The zero-order valence-electron chi connectivity index (χ0n) is 12.5. The van der Waals surface area contributed by atoms with Gasteiger partial charge in [0.1, 0.15) is 5.69 Å². The van der Waals surface area contributed by atoms with E-state index in [0.717, 1.165) is 36.3 Å². The molecule has 2 aliphatic rings. The summed E-state index contributed by atoms with van der Waals surface area (Å²) in [7, 11) is 0. The Morgan fingerprint density at radius 2 is 2.18 bits per heavy atom. The number of hydrogen-bond donors (Lipinski definition) is 2. The predicted octanol–water partition coefficient (Wildman–Crippen LogP) is 2.29. The lowest BCUT2D eigenvalue weighted by Gasteiger charge is -2.39. The van der Waals surface area contributed by atoms with Crippen molar-refractivity contribution < 1.29 is 9.53 Å². The van der Waals surface area contributed by atoms with Gasteiger partial charge in [-0.15, -0.1) is 0 Å². The van der Waals surface area contributed by atoms with Crippen LogP contribution in [0.3, 0.4) is 0 Å². The molecule has 3 atom stereocenters. The third kappa shape index (κ3) is 2.13. The van der Waals surface area contributed by atoms with Crippen molar-refractivity contribution in [2.24, 2.45) is 5.92 Å². The van der Waals surface area contributed by atoms with Crippen molar-refractivity contribution in [3.63, 3.8) is 0 Å². The number of amides is 1. The smallest absolute Gasteiger partial charge is 0.269 e. The van der Waals surface area contributed by atoms with E-state index in [1.54, 1.807) is 0 Å². The minimum atomic E-state index is -0.0671. The van der Waals surface area contributed by atoms with Gasteiger partial charge in [-0.1, -0.05) is 30.3 Å². The molecular weight excluding hydrogens is 278 g/mol. The predicted molar refractivity (Wildman–Crippen MR) is 82.5 cm³/mol. The van der Waals surface area contributed by atoms with E-state index >= 15 is 0 Å². The molecule has 2 fully saturated rings. The van der Waals surface area contributed by atoms with E-state index in [2.05, 4.69) is 15.5 Å². The van der Waals surface area contributed by atoms with E-state index in [9.17, 15) is 4.79 Å². The Kier molecular flexibility index (Phi) is 3.22. The molecule has 5 nitrogen and oxygen atoms in total. The van der Waals surface area contributed by atoms with Crippen molar-refractivity contribution in [2.45, 2.75) is 31.9 Å². The molecular formula is C17H19N3O2. The number of rotatable bonds is 3. The van der Waals surface area contributed by atoms with Gasteiger partial charge in [0.05, 0.1) is 11.8 Å². The highest BCUT2D eigenvalue weighted by Crippen LogP contribution is 2.38. The van der Waals surface area contributed by atoms with Gasteiger partial charge in [0.25, 0.3) is 5.91 Å². The van der Waals surface area contributed by atoms with Crippen molar-refractivity contribution in [3.8, 4) is 11.3 Å². The number of benzene rings is 1. The van der Waals surface area contributed by atoms with Crippen molar-refractivity contribution in [1.29, 1.82) is 0 Å². The van der Waals surface area contributed by atoms with Crippen LogP contribution in [0.1, 0.15) is 28.9 Å². The lowest BCUT2D eigenvalue weighted by molar-refractivity contribution is 0.00802. The fourth-order valence-corrected chi connectivity index (χ4v) is 3.50. The molecule has 0 bridgehead atoms. The van der Waals surface area contributed by atoms with E-state index in [4.69, 9.17) is 4.74 Å². The SMILES string of the molecule is Cc1c(-c2ccccc2)n[nH]c1C(=O)N[C@H]1C[C@@H]2OCC[C@H]12. The van der Waals surface area contributed by atoms with Gasteiger partial charge < -0.3 is 10.1 Å². The number of ether oxygens (including phenoxy) is 1. The Balaban J connectivity index is 1.51. The summed E-state index contributed by atoms with van der Waals surface area (Å²) in [6, 6.07) is 10.1. The minimum Gasteiger partial charge on any atom is -0.378 e. The molecule has 2 N–H and O–H groups in total. The summed E-state index contributed by atoms with van der Waals surface area (Å²) in [5, 5.41) is 10.3. The summed E-state index contributed by atoms with van der Waals surface area (Å²) in [6.45, 7) is 2.76. The van der Waals surface area contributed by atoms with Crippen LogP contribution in [0.4, 0.5) is 0 Å². The first-order valence-electron chi connectivity index (χ1n) is 7.77. The lowest BCUT2D eigenvalue weighted by atomic mass is 9.76. The van der Waals surface area contributed by atoms with Gasteiger partial charge in [-0.3, -0.25) is 9.89 Å². The summed E-state index contributed by atoms with van der Waals surface area (Å²) in [5.74, 6) is 0.420. The van der Waals surface area contributed by atoms with Gasteiger partial charge in [0.2, 0.25) is 0 Å². The fraction of sp³-hybridized carbons (Fsp3) is 0.412.